The van der Waals surface area contributed by atoms with Crippen molar-refractivity contribution in [1.82, 2.24) is 4.72 Å². The minimum Gasteiger partial charge on any atom is -0.444 e. The van der Waals surface area contributed by atoms with Gasteiger partial charge in [0.05, 0.1) is 5.69 Å². The predicted octanol–water partition coefficient (Wildman–Crippen LogP) is 2.09. The summed E-state index contributed by atoms with van der Waals surface area (Å²) in [5.74, 6) is 0. The highest BCUT2D eigenvalue weighted by atomic mass is 32.2. The van der Waals surface area contributed by atoms with Gasteiger partial charge in [0.15, 0.2) is 0 Å². The van der Waals surface area contributed by atoms with Crippen LogP contribution < -0.4 is 14.3 Å². The Morgan fingerprint density at radius 2 is 1.83 bits per heavy atom. The third-order valence-corrected chi connectivity index (χ3v) is 5.05. The number of benzene rings is 2. The maximum absolute atomic E-state index is 11.8. The first kappa shape index (κ1) is 16.3. The molecule has 2 aromatic rings. The molecule has 0 bridgehead atoms. The molecule has 8 heteroatoms. The molecule has 0 spiro atoms. The third-order valence-electron chi connectivity index (χ3n) is 3.50. The average molecular weight is 347 g/mol. The third kappa shape index (κ3) is 3.84. The minimum absolute atomic E-state index is 0.183. The van der Waals surface area contributed by atoms with Crippen molar-refractivity contribution < 1.29 is 17.9 Å². The van der Waals surface area contributed by atoms with Crippen LogP contribution in [0.1, 0.15) is 5.56 Å². The number of hydrogen-bond acceptors (Lipinski definition) is 4. The van der Waals surface area contributed by atoms with Gasteiger partial charge in [0.2, 0.25) is 0 Å². The van der Waals surface area contributed by atoms with Crippen LogP contribution >= 0.6 is 0 Å². The number of carbonyl (C=O) groups is 1. The van der Waals surface area contributed by atoms with E-state index in [4.69, 9.17) is 4.74 Å². The van der Waals surface area contributed by atoms with E-state index in [9.17, 15) is 13.2 Å². The summed E-state index contributed by atoms with van der Waals surface area (Å²) in [5, 5.41) is 2.61. The van der Waals surface area contributed by atoms with Gasteiger partial charge in [0, 0.05) is 18.8 Å². The Hall–Kier alpha value is -2.58. The van der Waals surface area contributed by atoms with Crippen LogP contribution in [0.3, 0.4) is 0 Å². The zero-order valence-electron chi connectivity index (χ0n) is 12.8. The Kier molecular flexibility index (Phi) is 4.68. The largest absolute Gasteiger partial charge is 0.444 e. The van der Waals surface area contributed by atoms with E-state index in [0.717, 1.165) is 5.56 Å². The normalized spacial score (nSPS) is 15.9. The zero-order chi connectivity index (χ0) is 17.0. The van der Waals surface area contributed by atoms with Gasteiger partial charge < -0.3 is 4.74 Å². The van der Waals surface area contributed by atoms with Gasteiger partial charge in [-0.15, -0.1) is 0 Å². The van der Waals surface area contributed by atoms with Gasteiger partial charge in [-0.2, -0.15) is 13.1 Å². The number of anilines is 2. The highest BCUT2D eigenvalue weighted by molar-refractivity contribution is 7.91. The molecule has 1 saturated heterocycles. The summed E-state index contributed by atoms with van der Waals surface area (Å²) in [6, 6.07) is 15.9. The van der Waals surface area contributed by atoms with Gasteiger partial charge in [-0.05, 0) is 29.8 Å². The SMILES string of the molecule is O=C(Nc1ccc(N2CCNS2(=O)=O)cc1)OCc1ccccc1. The van der Waals surface area contributed by atoms with Gasteiger partial charge in [-0.1, -0.05) is 30.3 Å². The number of hydrogen-bond donors (Lipinski definition) is 2. The Labute approximate surface area is 140 Å². The first-order valence-electron chi connectivity index (χ1n) is 7.40. The molecule has 3 rings (SSSR count). The van der Waals surface area contributed by atoms with E-state index < -0.39 is 16.3 Å². The van der Waals surface area contributed by atoms with Crippen LogP contribution in [0.5, 0.6) is 0 Å². The van der Waals surface area contributed by atoms with Gasteiger partial charge in [0.1, 0.15) is 6.61 Å². The molecule has 7 nitrogen and oxygen atoms in total. The second kappa shape index (κ2) is 6.90. The number of amides is 1. The molecule has 0 aromatic heterocycles. The number of nitrogens with zero attached hydrogens (tertiary/aromatic N) is 1. The summed E-state index contributed by atoms with van der Waals surface area (Å²) >= 11 is 0. The molecular weight excluding hydrogens is 330 g/mol. The molecule has 2 N–H and O–H groups in total. The molecule has 126 valence electrons. The van der Waals surface area contributed by atoms with E-state index in [2.05, 4.69) is 10.0 Å². The second-order valence-electron chi connectivity index (χ2n) is 5.21. The first-order chi connectivity index (χ1) is 11.5. The van der Waals surface area contributed by atoms with Crippen LogP contribution in [0.15, 0.2) is 54.6 Å². The molecule has 1 heterocycles. The monoisotopic (exact) mass is 347 g/mol. The molecule has 1 aliphatic heterocycles. The molecule has 1 amide bonds. The number of nitrogens with one attached hydrogen (secondary N) is 2. The molecule has 24 heavy (non-hydrogen) atoms. The quantitative estimate of drug-likeness (QED) is 0.886. The summed E-state index contributed by atoms with van der Waals surface area (Å²) in [6.07, 6.45) is -0.568. The highest BCUT2D eigenvalue weighted by Crippen LogP contribution is 2.22. The smallest absolute Gasteiger partial charge is 0.411 e. The molecule has 2 aromatic carbocycles. The van der Waals surface area contributed by atoms with E-state index in [-0.39, 0.29) is 6.61 Å². The summed E-state index contributed by atoms with van der Waals surface area (Å²) in [7, 11) is -3.44. The van der Waals surface area contributed by atoms with Gasteiger partial charge >= 0.3 is 16.3 Å². The number of ether oxygens (including phenoxy) is 1. The van der Waals surface area contributed by atoms with Crippen molar-refractivity contribution in [3.63, 3.8) is 0 Å². The van der Waals surface area contributed by atoms with E-state index in [1.807, 2.05) is 30.3 Å². The van der Waals surface area contributed by atoms with Gasteiger partial charge in [0.25, 0.3) is 0 Å². The highest BCUT2D eigenvalue weighted by Gasteiger charge is 2.27. The lowest BCUT2D eigenvalue weighted by atomic mass is 10.2. The van der Waals surface area contributed by atoms with Crippen molar-refractivity contribution in [1.29, 1.82) is 0 Å². The van der Waals surface area contributed by atoms with Crippen molar-refractivity contribution in [2.45, 2.75) is 6.61 Å². The van der Waals surface area contributed by atoms with Crippen LogP contribution in [0.25, 0.3) is 0 Å². The Morgan fingerprint density at radius 3 is 2.46 bits per heavy atom. The predicted molar refractivity (Wildman–Crippen MR) is 91.0 cm³/mol. The minimum atomic E-state index is -3.44. The molecule has 0 aliphatic carbocycles. The maximum atomic E-state index is 11.8. The fourth-order valence-electron chi connectivity index (χ4n) is 2.33. The summed E-state index contributed by atoms with van der Waals surface area (Å²) in [6.45, 7) is 0.949. The molecule has 1 fully saturated rings. The Bertz CT molecular complexity index is 807. The maximum Gasteiger partial charge on any atom is 0.411 e. The van der Waals surface area contributed by atoms with Crippen molar-refractivity contribution in [2.24, 2.45) is 0 Å². The van der Waals surface area contributed by atoms with Crippen LogP contribution in [0.2, 0.25) is 0 Å². The van der Waals surface area contributed by atoms with Crippen molar-refractivity contribution in [3.05, 3.63) is 60.2 Å². The van der Waals surface area contributed by atoms with Gasteiger partial charge in [-0.3, -0.25) is 9.62 Å². The topological polar surface area (TPSA) is 87.7 Å². The second-order valence-corrected chi connectivity index (χ2v) is 6.88. The van der Waals surface area contributed by atoms with Crippen molar-refractivity contribution in [3.8, 4) is 0 Å². The summed E-state index contributed by atoms with van der Waals surface area (Å²) in [4.78, 5) is 11.8. The van der Waals surface area contributed by atoms with E-state index in [0.29, 0.717) is 24.5 Å². The zero-order valence-corrected chi connectivity index (χ0v) is 13.6. The standard InChI is InChI=1S/C16H17N3O4S/c20-16(23-12-13-4-2-1-3-5-13)18-14-6-8-15(9-7-14)19-11-10-17-24(19,21)22/h1-9,17H,10-12H2,(H,18,20). The molecule has 0 saturated carbocycles. The molecular formula is C16H17N3O4S. The van der Waals surface area contributed by atoms with Crippen molar-refractivity contribution in [2.75, 3.05) is 22.7 Å². The van der Waals surface area contributed by atoms with Crippen molar-refractivity contribution >= 4 is 27.7 Å². The average Bonchev–Trinajstić information content (AvgIpc) is 2.94. The Balaban J connectivity index is 1.57. The van der Waals surface area contributed by atoms with Crippen LogP contribution in [-0.4, -0.2) is 27.6 Å². The summed E-state index contributed by atoms with van der Waals surface area (Å²) < 4.78 is 32.4. The Morgan fingerprint density at radius 1 is 1.12 bits per heavy atom. The van der Waals surface area contributed by atoms with E-state index >= 15 is 0 Å². The lowest BCUT2D eigenvalue weighted by Gasteiger charge is -2.16. The molecule has 1 aliphatic rings. The van der Waals surface area contributed by atoms with Crippen LogP contribution in [0, 0.1) is 0 Å². The fraction of sp³-hybridized carbons (Fsp3) is 0.188. The number of carbonyl (C=O) groups excluding carboxylic acids is 1. The first-order valence-corrected chi connectivity index (χ1v) is 8.84. The van der Waals surface area contributed by atoms with E-state index in [1.165, 1.54) is 4.31 Å². The lowest BCUT2D eigenvalue weighted by molar-refractivity contribution is 0.155. The van der Waals surface area contributed by atoms with Gasteiger partial charge in [-0.25, -0.2) is 4.79 Å². The number of rotatable bonds is 4. The molecule has 0 radical (unpaired) electrons. The molecule has 0 atom stereocenters. The summed E-state index contributed by atoms with van der Waals surface area (Å²) in [5.41, 5.74) is 1.97. The molecule has 0 unspecified atom stereocenters. The lowest BCUT2D eigenvalue weighted by Crippen LogP contribution is -2.29. The fourth-order valence-corrected chi connectivity index (χ4v) is 3.57. The van der Waals surface area contributed by atoms with E-state index in [1.54, 1.807) is 24.3 Å². The van der Waals surface area contributed by atoms with Crippen LogP contribution in [0.4, 0.5) is 16.2 Å². The van der Waals surface area contributed by atoms with Crippen LogP contribution in [-0.2, 0) is 21.6 Å².